The Balaban J connectivity index is 1.52. The molecule has 0 spiro atoms. The first-order chi connectivity index (χ1) is 9.74. The molecule has 1 fully saturated rings. The minimum atomic E-state index is 0.111. The minimum Gasteiger partial charge on any atom is -0.353 e. The van der Waals surface area contributed by atoms with Crippen LogP contribution < -0.4 is 5.32 Å². The monoisotopic (exact) mass is 294 g/mol. The summed E-state index contributed by atoms with van der Waals surface area (Å²) in [4.78, 5) is 11.9. The van der Waals surface area contributed by atoms with E-state index in [-0.39, 0.29) is 5.91 Å². The molecule has 1 aromatic rings. The van der Waals surface area contributed by atoms with Crippen LogP contribution in [-0.4, -0.2) is 32.5 Å². The van der Waals surface area contributed by atoms with Crippen molar-refractivity contribution in [1.29, 1.82) is 0 Å². The van der Waals surface area contributed by atoms with Crippen LogP contribution in [0.4, 0.5) is 0 Å². The summed E-state index contributed by atoms with van der Waals surface area (Å²) >= 11 is 1.51. The van der Waals surface area contributed by atoms with Gasteiger partial charge in [-0.15, -0.1) is 10.2 Å². The molecule has 1 aliphatic carbocycles. The van der Waals surface area contributed by atoms with Crippen LogP contribution in [-0.2, 0) is 17.8 Å². The fraction of sp³-hybridized carbons (Fsp3) is 0.786. The zero-order valence-electron chi connectivity index (χ0n) is 12.0. The van der Waals surface area contributed by atoms with Crippen LogP contribution in [0.5, 0.6) is 0 Å². The van der Waals surface area contributed by atoms with Gasteiger partial charge in [-0.2, -0.15) is 0 Å². The standard InChI is InChI=1S/C14H22N4OS/c1-10(11-6-7-11)15-13(19)9-20-14-17-16-12-5-3-2-4-8-18(12)14/h10-11H,2-9H2,1H3,(H,15,19)/t10-/m1/s1. The van der Waals surface area contributed by atoms with E-state index in [9.17, 15) is 4.79 Å². The molecule has 6 heteroatoms. The third kappa shape index (κ3) is 3.34. The van der Waals surface area contributed by atoms with Crippen molar-refractivity contribution < 1.29 is 4.79 Å². The Morgan fingerprint density at radius 3 is 3.05 bits per heavy atom. The second-order valence-corrected chi connectivity index (χ2v) is 6.79. The number of hydrogen-bond acceptors (Lipinski definition) is 4. The molecule has 2 heterocycles. The fourth-order valence-corrected chi connectivity index (χ4v) is 3.50. The van der Waals surface area contributed by atoms with Crippen molar-refractivity contribution in [3.05, 3.63) is 5.82 Å². The quantitative estimate of drug-likeness (QED) is 0.844. The predicted octanol–water partition coefficient (Wildman–Crippen LogP) is 2.01. The summed E-state index contributed by atoms with van der Waals surface area (Å²) in [5.41, 5.74) is 0. The molecule has 0 aromatic carbocycles. The molecule has 1 aromatic heterocycles. The first-order valence-corrected chi connectivity index (χ1v) is 8.57. The number of nitrogens with zero attached hydrogens (tertiary/aromatic N) is 3. The smallest absolute Gasteiger partial charge is 0.230 e. The Kier molecular flexibility index (Phi) is 4.29. The number of carbonyl (C=O) groups is 1. The van der Waals surface area contributed by atoms with Crippen LogP contribution in [0.1, 0.15) is 44.9 Å². The number of amides is 1. The molecule has 3 rings (SSSR count). The second-order valence-electron chi connectivity index (χ2n) is 5.84. The zero-order chi connectivity index (χ0) is 13.9. The maximum Gasteiger partial charge on any atom is 0.230 e. The van der Waals surface area contributed by atoms with Crippen LogP contribution >= 0.6 is 11.8 Å². The highest BCUT2D eigenvalue weighted by Gasteiger charge is 2.28. The summed E-state index contributed by atoms with van der Waals surface area (Å²) in [7, 11) is 0. The van der Waals surface area contributed by atoms with E-state index in [4.69, 9.17) is 0 Å². The molecule has 1 N–H and O–H groups in total. The lowest BCUT2D eigenvalue weighted by molar-refractivity contribution is -0.119. The Labute approximate surface area is 123 Å². The summed E-state index contributed by atoms with van der Waals surface area (Å²) in [6, 6.07) is 0.318. The molecule has 0 bridgehead atoms. The maximum atomic E-state index is 11.9. The highest BCUT2D eigenvalue weighted by molar-refractivity contribution is 7.99. The third-order valence-electron chi connectivity index (χ3n) is 4.13. The molecule has 1 atom stereocenters. The largest absolute Gasteiger partial charge is 0.353 e. The van der Waals surface area contributed by atoms with Gasteiger partial charge in [-0.3, -0.25) is 4.79 Å². The van der Waals surface area contributed by atoms with E-state index in [1.165, 1.54) is 43.9 Å². The van der Waals surface area contributed by atoms with Gasteiger partial charge in [0.05, 0.1) is 5.75 Å². The Morgan fingerprint density at radius 1 is 1.40 bits per heavy atom. The van der Waals surface area contributed by atoms with E-state index in [2.05, 4.69) is 27.0 Å². The normalized spacial score (nSPS) is 20.1. The molecule has 0 radical (unpaired) electrons. The molecule has 110 valence electrons. The average molecular weight is 294 g/mol. The van der Waals surface area contributed by atoms with Gasteiger partial charge in [0, 0.05) is 19.0 Å². The summed E-state index contributed by atoms with van der Waals surface area (Å²) in [6.45, 7) is 3.09. The van der Waals surface area contributed by atoms with Gasteiger partial charge in [-0.05, 0) is 38.5 Å². The average Bonchev–Trinajstić information content (AvgIpc) is 3.23. The van der Waals surface area contributed by atoms with Gasteiger partial charge >= 0.3 is 0 Å². The molecule has 0 saturated heterocycles. The summed E-state index contributed by atoms with van der Waals surface area (Å²) in [6.07, 6.45) is 7.16. The molecule has 5 nitrogen and oxygen atoms in total. The lowest BCUT2D eigenvalue weighted by Gasteiger charge is -2.12. The number of thioether (sulfide) groups is 1. The van der Waals surface area contributed by atoms with Crippen molar-refractivity contribution in [2.24, 2.45) is 5.92 Å². The number of carbonyl (C=O) groups excluding carboxylic acids is 1. The molecular weight excluding hydrogens is 272 g/mol. The molecule has 20 heavy (non-hydrogen) atoms. The number of nitrogens with one attached hydrogen (secondary N) is 1. The summed E-state index contributed by atoms with van der Waals surface area (Å²) < 4.78 is 2.19. The van der Waals surface area contributed by atoms with E-state index < -0.39 is 0 Å². The number of rotatable bonds is 5. The van der Waals surface area contributed by atoms with Gasteiger partial charge in [-0.25, -0.2) is 0 Å². The van der Waals surface area contributed by atoms with Crippen molar-refractivity contribution in [3.63, 3.8) is 0 Å². The Bertz CT molecular complexity index is 484. The minimum absolute atomic E-state index is 0.111. The first-order valence-electron chi connectivity index (χ1n) is 7.58. The molecule has 0 unspecified atom stereocenters. The van der Waals surface area contributed by atoms with Crippen LogP contribution in [0.3, 0.4) is 0 Å². The maximum absolute atomic E-state index is 11.9. The number of aryl methyl sites for hydroxylation is 1. The Hall–Kier alpha value is -1.04. The van der Waals surface area contributed by atoms with Gasteiger partial charge in [0.15, 0.2) is 5.16 Å². The third-order valence-corrected chi connectivity index (χ3v) is 5.09. The van der Waals surface area contributed by atoms with Crippen molar-refractivity contribution in [2.45, 2.75) is 63.2 Å². The van der Waals surface area contributed by atoms with Crippen molar-refractivity contribution >= 4 is 17.7 Å². The van der Waals surface area contributed by atoms with Gasteiger partial charge < -0.3 is 9.88 Å². The van der Waals surface area contributed by atoms with Crippen molar-refractivity contribution in [3.8, 4) is 0 Å². The highest BCUT2D eigenvalue weighted by Crippen LogP contribution is 2.32. The van der Waals surface area contributed by atoms with Gasteiger partial charge in [0.1, 0.15) is 5.82 Å². The van der Waals surface area contributed by atoms with Crippen molar-refractivity contribution in [2.75, 3.05) is 5.75 Å². The van der Waals surface area contributed by atoms with Crippen LogP contribution in [0.2, 0.25) is 0 Å². The molecular formula is C14H22N4OS. The fourth-order valence-electron chi connectivity index (χ4n) is 2.70. The predicted molar refractivity (Wildman–Crippen MR) is 78.6 cm³/mol. The van der Waals surface area contributed by atoms with E-state index in [0.717, 1.165) is 23.9 Å². The first kappa shape index (κ1) is 13.9. The SMILES string of the molecule is C[C@@H](NC(=O)CSc1nnc2n1CCCCC2)C1CC1. The Morgan fingerprint density at radius 2 is 2.25 bits per heavy atom. The van der Waals surface area contributed by atoms with Gasteiger partial charge in [0.2, 0.25) is 5.91 Å². The van der Waals surface area contributed by atoms with E-state index in [1.54, 1.807) is 0 Å². The van der Waals surface area contributed by atoms with E-state index >= 15 is 0 Å². The summed E-state index contributed by atoms with van der Waals surface area (Å²) in [5.74, 6) is 2.33. The molecule has 1 amide bonds. The van der Waals surface area contributed by atoms with E-state index in [0.29, 0.717) is 17.7 Å². The number of fused-ring (bicyclic) bond motifs is 1. The highest BCUT2D eigenvalue weighted by atomic mass is 32.2. The zero-order valence-corrected chi connectivity index (χ0v) is 12.8. The summed E-state index contributed by atoms with van der Waals surface area (Å²) in [5, 5.41) is 12.5. The second kappa shape index (κ2) is 6.16. The lowest BCUT2D eigenvalue weighted by Crippen LogP contribution is -2.35. The van der Waals surface area contributed by atoms with Crippen molar-refractivity contribution in [1.82, 2.24) is 20.1 Å². The van der Waals surface area contributed by atoms with Crippen LogP contribution in [0.25, 0.3) is 0 Å². The van der Waals surface area contributed by atoms with E-state index in [1.807, 2.05) is 0 Å². The van der Waals surface area contributed by atoms with Gasteiger partial charge in [-0.1, -0.05) is 18.2 Å². The topological polar surface area (TPSA) is 59.8 Å². The molecule has 2 aliphatic rings. The van der Waals surface area contributed by atoms with Crippen LogP contribution in [0, 0.1) is 5.92 Å². The number of hydrogen-bond donors (Lipinski definition) is 1. The molecule has 1 saturated carbocycles. The van der Waals surface area contributed by atoms with Crippen LogP contribution in [0.15, 0.2) is 5.16 Å². The molecule has 1 aliphatic heterocycles. The van der Waals surface area contributed by atoms with Gasteiger partial charge in [0.25, 0.3) is 0 Å². The number of aromatic nitrogens is 3. The lowest BCUT2D eigenvalue weighted by atomic mass is 10.2.